The van der Waals surface area contributed by atoms with Gasteiger partial charge < -0.3 is 40.9 Å². The van der Waals surface area contributed by atoms with Crippen molar-refractivity contribution in [1.29, 1.82) is 0 Å². The highest BCUT2D eigenvalue weighted by molar-refractivity contribution is 7.80. The Labute approximate surface area is 240 Å². The Morgan fingerprint density at radius 2 is 0.622 bits per heavy atom. The van der Waals surface area contributed by atoms with Gasteiger partial charge in [-0.3, -0.25) is 19.2 Å². The first-order chi connectivity index (χ1) is 17.0. The quantitative estimate of drug-likeness (QED) is 0.134. The Bertz CT molecular complexity index is 494. The number of hydrogen-bond acceptors (Lipinski definition) is 12. The van der Waals surface area contributed by atoms with Crippen molar-refractivity contribution in [3.63, 3.8) is 0 Å². The number of carboxylic acids is 4. The number of thiol groups is 4. The summed E-state index contributed by atoms with van der Waals surface area (Å²) in [6.07, 6.45) is 0. The Hall–Kier alpha value is -0.880. The van der Waals surface area contributed by atoms with Crippen LogP contribution in [0.25, 0.3) is 0 Å². The molecule has 0 radical (unpaired) electrons. The average Bonchev–Trinajstić information content (AvgIpc) is 2.89. The van der Waals surface area contributed by atoms with Crippen molar-refractivity contribution in [3.8, 4) is 0 Å². The summed E-state index contributed by atoms with van der Waals surface area (Å²) >= 11 is 15.1. The van der Waals surface area contributed by atoms with Gasteiger partial charge in [-0.25, -0.2) is 0 Å². The summed E-state index contributed by atoms with van der Waals surface area (Å²) in [5, 5.41) is 66.5. The molecule has 37 heavy (non-hydrogen) atoms. The van der Waals surface area contributed by atoms with E-state index in [-0.39, 0.29) is 23.7 Å². The number of carboxylic acid groups (broad SMARTS) is 4. The molecule has 0 fully saturated rings. The van der Waals surface area contributed by atoms with Crippen molar-refractivity contribution in [1.82, 2.24) is 0 Å². The summed E-state index contributed by atoms with van der Waals surface area (Å²) in [6.45, 7) is 4.86. The van der Waals surface area contributed by atoms with Gasteiger partial charge >= 0.3 is 23.9 Å². The highest BCUT2D eigenvalue weighted by Gasteiger charge is 2.26. The third-order valence-corrected chi connectivity index (χ3v) is 6.31. The van der Waals surface area contributed by atoms with E-state index in [1.54, 1.807) is 27.7 Å². The zero-order valence-corrected chi connectivity index (χ0v) is 25.0. The maximum atomic E-state index is 9.88. The summed E-state index contributed by atoms with van der Waals surface area (Å²) in [4.78, 5) is 39.5. The van der Waals surface area contributed by atoms with E-state index in [2.05, 4.69) is 50.5 Å². The minimum atomic E-state index is -1.11. The van der Waals surface area contributed by atoms with Gasteiger partial charge in [0.25, 0.3) is 0 Å². The monoisotopic (exact) mass is 616 g/mol. The molecule has 0 aromatic heterocycles. The van der Waals surface area contributed by atoms with E-state index in [1.807, 2.05) is 0 Å². The second-order valence-corrected chi connectivity index (χ2v) is 9.28. The van der Waals surface area contributed by atoms with Gasteiger partial charge in [-0.15, -0.1) is 0 Å². The molecule has 4 atom stereocenters. The molecular formula is C21H44O12S4. The highest BCUT2D eigenvalue weighted by Crippen LogP contribution is 2.11. The molecule has 0 aliphatic carbocycles. The molecule has 8 N–H and O–H groups in total. The first-order valence-corrected chi connectivity index (χ1v) is 13.3. The van der Waals surface area contributed by atoms with Crippen molar-refractivity contribution in [2.24, 2.45) is 29.1 Å². The summed E-state index contributed by atoms with van der Waals surface area (Å²) in [7, 11) is 0. The van der Waals surface area contributed by atoms with Crippen molar-refractivity contribution in [3.05, 3.63) is 0 Å². The van der Waals surface area contributed by atoms with Crippen molar-refractivity contribution in [2.75, 3.05) is 49.4 Å². The van der Waals surface area contributed by atoms with Gasteiger partial charge in [0.1, 0.15) is 0 Å². The number of aliphatic hydroxyl groups is 4. The van der Waals surface area contributed by atoms with Gasteiger partial charge in [0.15, 0.2) is 0 Å². The number of hydrogen-bond donors (Lipinski definition) is 12. The fourth-order valence-electron chi connectivity index (χ4n) is 0.612. The predicted molar refractivity (Wildman–Crippen MR) is 153 cm³/mol. The van der Waals surface area contributed by atoms with E-state index in [9.17, 15) is 19.2 Å². The fourth-order valence-corrected chi connectivity index (χ4v) is 1.24. The van der Waals surface area contributed by atoms with Crippen LogP contribution in [0.4, 0.5) is 0 Å². The van der Waals surface area contributed by atoms with Crippen LogP contribution in [-0.2, 0) is 19.2 Å². The van der Waals surface area contributed by atoms with Crippen LogP contribution >= 0.6 is 50.5 Å². The Morgan fingerprint density at radius 3 is 0.622 bits per heavy atom. The highest BCUT2D eigenvalue weighted by atomic mass is 32.1. The molecule has 0 aliphatic heterocycles. The van der Waals surface area contributed by atoms with Gasteiger partial charge in [0.2, 0.25) is 0 Å². The average molecular weight is 617 g/mol. The van der Waals surface area contributed by atoms with E-state index in [0.717, 1.165) is 0 Å². The largest absolute Gasteiger partial charge is 0.481 e. The molecule has 0 aromatic carbocycles. The minimum Gasteiger partial charge on any atom is -0.481 e. The maximum Gasteiger partial charge on any atom is 0.307 e. The Kier molecular flexibility index (Phi) is 36.9. The molecule has 0 bridgehead atoms. The van der Waals surface area contributed by atoms with Crippen LogP contribution < -0.4 is 0 Å². The van der Waals surface area contributed by atoms with Crippen LogP contribution in [0.2, 0.25) is 0 Å². The van der Waals surface area contributed by atoms with Gasteiger partial charge in [-0.1, -0.05) is 27.7 Å². The van der Waals surface area contributed by atoms with Crippen LogP contribution in [0.1, 0.15) is 27.7 Å². The number of aliphatic hydroxyl groups excluding tert-OH is 4. The van der Waals surface area contributed by atoms with E-state index in [4.69, 9.17) is 40.9 Å². The second-order valence-electron chi connectivity index (χ2n) is 7.82. The van der Waals surface area contributed by atoms with Crippen LogP contribution in [0.3, 0.4) is 0 Å². The van der Waals surface area contributed by atoms with Crippen LogP contribution in [-0.4, -0.2) is 114 Å². The summed E-state index contributed by atoms with van der Waals surface area (Å²) in [6, 6.07) is 0. The molecule has 0 aromatic rings. The molecule has 0 amide bonds. The normalized spacial score (nSPS) is 13.1. The Balaban J connectivity index is -0.000000116. The molecule has 12 nitrogen and oxygen atoms in total. The first kappa shape index (κ1) is 46.0. The standard InChI is InChI=1S/C5H12O4.4C4H8O2S/c6-1-5(2-7,3-8)4-9;4*1-3(2-7)4(5)6/h6-9H,1-4H2;4*3,7H,2H2,1H3,(H,5,6). The van der Waals surface area contributed by atoms with E-state index < -0.39 is 55.7 Å². The van der Waals surface area contributed by atoms with Gasteiger partial charge in [-0.05, 0) is 0 Å². The number of aliphatic carboxylic acids is 4. The van der Waals surface area contributed by atoms with Crippen molar-refractivity contribution >= 4 is 74.4 Å². The van der Waals surface area contributed by atoms with Crippen LogP contribution in [0, 0.1) is 29.1 Å². The molecule has 16 heteroatoms. The smallest absolute Gasteiger partial charge is 0.307 e. The summed E-state index contributed by atoms with van der Waals surface area (Å²) in [5.74, 6) is -2.75. The zero-order chi connectivity index (χ0) is 30.8. The molecule has 4 unspecified atom stereocenters. The van der Waals surface area contributed by atoms with Crippen molar-refractivity contribution < 1.29 is 60.0 Å². The minimum absolute atomic E-state index is 0.316. The third-order valence-electron chi connectivity index (χ3n) is 4.12. The summed E-state index contributed by atoms with van der Waals surface area (Å²) < 4.78 is 0. The fraction of sp³-hybridized carbons (Fsp3) is 0.810. The van der Waals surface area contributed by atoms with E-state index >= 15 is 0 Å². The molecule has 0 spiro atoms. The lowest BCUT2D eigenvalue weighted by molar-refractivity contribution is -0.141. The predicted octanol–water partition coefficient (Wildman–Crippen LogP) is 0.490. The van der Waals surface area contributed by atoms with Crippen LogP contribution in [0.15, 0.2) is 0 Å². The van der Waals surface area contributed by atoms with Gasteiger partial charge in [-0.2, -0.15) is 50.5 Å². The number of rotatable bonds is 12. The zero-order valence-electron chi connectivity index (χ0n) is 21.5. The lowest BCUT2D eigenvalue weighted by Crippen LogP contribution is -2.37. The van der Waals surface area contributed by atoms with Crippen LogP contribution in [0.5, 0.6) is 0 Å². The molecule has 0 saturated heterocycles. The molecular weight excluding hydrogens is 572 g/mol. The lowest BCUT2D eigenvalue weighted by atomic mass is 9.93. The third kappa shape index (κ3) is 31.2. The molecule has 0 saturated carbocycles. The van der Waals surface area contributed by atoms with Gasteiger partial charge in [0, 0.05) is 23.0 Å². The second kappa shape index (κ2) is 29.7. The first-order valence-electron chi connectivity index (χ1n) is 10.8. The summed E-state index contributed by atoms with van der Waals surface area (Å²) in [5.41, 5.74) is -1.11. The lowest BCUT2D eigenvalue weighted by Gasteiger charge is -2.23. The SMILES string of the molecule is CC(CS)C(=O)O.CC(CS)C(=O)O.CC(CS)C(=O)O.CC(CS)C(=O)O.OCC(CO)(CO)CO. The molecule has 0 heterocycles. The van der Waals surface area contributed by atoms with E-state index in [0.29, 0.717) is 23.0 Å². The maximum absolute atomic E-state index is 9.88. The molecule has 0 aliphatic rings. The van der Waals surface area contributed by atoms with Gasteiger partial charge in [0.05, 0.1) is 55.5 Å². The molecule has 224 valence electrons. The van der Waals surface area contributed by atoms with E-state index in [1.165, 1.54) is 0 Å². The number of carbonyl (C=O) groups is 4. The topological polar surface area (TPSA) is 230 Å². The Morgan fingerprint density at radius 1 is 0.486 bits per heavy atom. The van der Waals surface area contributed by atoms with Crippen molar-refractivity contribution in [2.45, 2.75) is 27.7 Å². The molecule has 0 rings (SSSR count).